The van der Waals surface area contributed by atoms with Crippen LogP contribution in [0.2, 0.25) is 0 Å². The van der Waals surface area contributed by atoms with Crippen LogP contribution in [0.1, 0.15) is 15.2 Å². The number of aryl methyl sites for hydroxylation is 1. The summed E-state index contributed by atoms with van der Waals surface area (Å²) in [5, 5.41) is 5.22. The number of carbonyl (C=O) groups excluding carboxylic acids is 1. The summed E-state index contributed by atoms with van der Waals surface area (Å²) >= 11 is 1.52. The number of pyridine rings is 1. The zero-order chi connectivity index (χ0) is 20.7. The van der Waals surface area contributed by atoms with E-state index in [1.165, 1.54) is 16.9 Å². The van der Waals surface area contributed by atoms with E-state index in [0.29, 0.717) is 0 Å². The van der Waals surface area contributed by atoms with Gasteiger partial charge >= 0.3 is 0 Å². The first kappa shape index (κ1) is 19.0. The van der Waals surface area contributed by atoms with Gasteiger partial charge in [0.2, 0.25) is 0 Å². The highest BCUT2D eigenvalue weighted by Gasteiger charge is 2.17. The molecule has 1 amide bonds. The molecule has 30 heavy (non-hydrogen) atoms. The van der Waals surface area contributed by atoms with Crippen molar-refractivity contribution in [1.29, 1.82) is 0 Å². The average Bonchev–Trinajstić information content (AvgIpc) is 3.19. The van der Waals surface area contributed by atoms with E-state index in [0.717, 1.165) is 63.6 Å². The molecular weight excluding hydrogens is 392 g/mol. The maximum Gasteiger partial charge on any atom is 0.265 e. The molecule has 1 aliphatic rings. The number of carbonyl (C=O) groups is 1. The predicted molar refractivity (Wildman–Crippen MR) is 126 cm³/mol. The smallest absolute Gasteiger partial charge is 0.265 e. The van der Waals surface area contributed by atoms with Crippen LogP contribution in [0.4, 0.5) is 11.5 Å². The minimum Gasteiger partial charge on any atom is -0.354 e. The second-order valence-corrected chi connectivity index (χ2v) is 9.01. The summed E-state index contributed by atoms with van der Waals surface area (Å²) < 4.78 is 1.12. The summed E-state index contributed by atoms with van der Waals surface area (Å²) in [5.74, 6) is 0.963. The molecule has 152 valence electrons. The van der Waals surface area contributed by atoms with Crippen LogP contribution in [0.3, 0.4) is 0 Å². The number of amides is 1. The van der Waals surface area contributed by atoms with Gasteiger partial charge in [0.1, 0.15) is 5.82 Å². The maximum atomic E-state index is 12.8. The van der Waals surface area contributed by atoms with E-state index < -0.39 is 0 Å². The quantitative estimate of drug-likeness (QED) is 0.523. The molecule has 1 aliphatic heterocycles. The fourth-order valence-electron chi connectivity index (χ4n) is 3.94. The Bertz CT molecular complexity index is 1210. The van der Waals surface area contributed by atoms with Crippen molar-refractivity contribution >= 4 is 49.7 Å². The highest BCUT2D eigenvalue weighted by atomic mass is 32.1. The van der Waals surface area contributed by atoms with Crippen molar-refractivity contribution in [3.63, 3.8) is 0 Å². The Hall–Kier alpha value is -2.96. The number of piperazine rings is 1. The summed E-state index contributed by atoms with van der Waals surface area (Å²) in [7, 11) is 2.16. The fourth-order valence-corrected chi connectivity index (χ4v) is 4.90. The van der Waals surface area contributed by atoms with Gasteiger partial charge in [-0.1, -0.05) is 18.2 Å². The number of thiophene rings is 1. The van der Waals surface area contributed by atoms with Crippen molar-refractivity contribution < 1.29 is 4.79 Å². The van der Waals surface area contributed by atoms with Crippen molar-refractivity contribution in [3.8, 4) is 0 Å². The third kappa shape index (κ3) is 3.64. The van der Waals surface area contributed by atoms with Crippen molar-refractivity contribution in [2.45, 2.75) is 6.92 Å². The van der Waals surface area contributed by atoms with E-state index in [4.69, 9.17) is 4.98 Å². The van der Waals surface area contributed by atoms with Crippen LogP contribution in [0.15, 0.2) is 54.6 Å². The fraction of sp³-hybridized carbons (Fsp3) is 0.250. The van der Waals surface area contributed by atoms with Crippen LogP contribution in [0, 0.1) is 6.92 Å². The lowest BCUT2D eigenvalue weighted by Gasteiger charge is -2.33. The number of hydrogen-bond acceptors (Lipinski definition) is 5. The minimum atomic E-state index is -0.0739. The molecule has 0 aliphatic carbocycles. The Morgan fingerprint density at radius 1 is 1.03 bits per heavy atom. The Morgan fingerprint density at radius 2 is 1.83 bits per heavy atom. The second kappa shape index (κ2) is 7.70. The Morgan fingerprint density at radius 3 is 2.63 bits per heavy atom. The molecule has 0 unspecified atom stereocenters. The van der Waals surface area contributed by atoms with Crippen LogP contribution in [-0.4, -0.2) is 49.0 Å². The van der Waals surface area contributed by atoms with Gasteiger partial charge in [-0.2, -0.15) is 0 Å². The lowest BCUT2D eigenvalue weighted by Crippen LogP contribution is -2.44. The molecule has 2 aromatic heterocycles. The number of anilines is 2. The molecule has 0 saturated carbocycles. The van der Waals surface area contributed by atoms with Gasteiger partial charge in [0, 0.05) is 42.0 Å². The molecule has 0 spiro atoms. The predicted octanol–water partition coefficient (Wildman–Crippen LogP) is 4.76. The monoisotopic (exact) mass is 416 g/mol. The van der Waals surface area contributed by atoms with Gasteiger partial charge in [0.05, 0.1) is 10.4 Å². The highest BCUT2D eigenvalue weighted by Crippen LogP contribution is 2.28. The standard InChI is InChI=1S/C24H24N4OS/c1-16-13-23(28-11-9-27(2)10-12-28)26-20-8-7-18(15-19(16)20)25-24(29)22-14-17-5-3-4-6-21(17)30-22/h3-8,13-15H,9-12H2,1-2H3,(H,25,29). The first-order valence-corrected chi connectivity index (χ1v) is 11.0. The van der Waals surface area contributed by atoms with Crippen LogP contribution < -0.4 is 10.2 Å². The van der Waals surface area contributed by atoms with Gasteiger partial charge in [-0.15, -0.1) is 11.3 Å². The average molecular weight is 417 g/mol. The van der Waals surface area contributed by atoms with E-state index >= 15 is 0 Å². The van der Waals surface area contributed by atoms with Crippen molar-refractivity contribution in [3.05, 3.63) is 65.0 Å². The van der Waals surface area contributed by atoms with E-state index in [1.807, 2.05) is 48.5 Å². The Labute approximate surface area is 179 Å². The van der Waals surface area contributed by atoms with E-state index in [9.17, 15) is 4.79 Å². The topological polar surface area (TPSA) is 48.5 Å². The molecule has 4 aromatic rings. The first-order valence-electron chi connectivity index (χ1n) is 10.2. The van der Waals surface area contributed by atoms with E-state index in [2.05, 4.69) is 35.2 Å². The summed E-state index contributed by atoms with van der Waals surface area (Å²) in [5.41, 5.74) is 2.93. The molecule has 2 aromatic carbocycles. The van der Waals surface area contributed by atoms with Crippen molar-refractivity contribution in [2.24, 2.45) is 0 Å². The third-order valence-corrected chi connectivity index (χ3v) is 6.85. The maximum absolute atomic E-state index is 12.8. The van der Waals surface area contributed by atoms with E-state index in [-0.39, 0.29) is 5.91 Å². The van der Waals surface area contributed by atoms with Crippen LogP contribution in [0.25, 0.3) is 21.0 Å². The van der Waals surface area contributed by atoms with Gasteiger partial charge in [0.25, 0.3) is 5.91 Å². The van der Waals surface area contributed by atoms with Crippen molar-refractivity contribution in [1.82, 2.24) is 9.88 Å². The molecule has 1 saturated heterocycles. The van der Waals surface area contributed by atoms with Crippen molar-refractivity contribution in [2.75, 3.05) is 43.4 Å². The number of aromatic nitrogens is 1. The number of likely N-dealkylation sites (N-methyl/N-ethyl adjacent to an activating group) is 1. The number of nitrogens with one attached hydrogen (secondary N) is 1. The zero-order valence-corrected chi connectivity index (χ0v) is 18.0. The summed E-state index contributed by atoms with van der Waals surface area (Å²) in [6.45, 7) is 6.22. The normalized spacial score (nSPS) is 15.1. The van der Waals surface area contributed by atoms with Crippen LogP contribution >= 0.6 is 11.3 Å². The van der Waals surface area contributed by atoms with Gasteiger partial charge in [-0.05, 0) is 61.3 Å². The van der Waals surface area contributed by atoms with Gasteiger partial charge in [0.15, 0.2) is 0 Å². The second-order valence-electron chi connectivity index (χ2n) is 7.92. The number of benzene rings is 2. The lowest BCUT2D eigenvalue weighted by molar-refractivity contribution is 0.103. The minimum absolute atomic E-state index is 0.0739. The molecular formula is C24H24N4OS. The Balaban J connectivity index is 1.39. The first-order chi connectivity index (χ1) is 14.6. The van der Waals surface area contributed by atoms with Gasteiger partial charge in [-0.3, -0.25) is 4.79 Å². The summed E-state index contributed by atoms with van der Waals surface area (Å²) in [4.78, 5) is 23.1. The molecule has 5 rings (SSSR count). The zero-order valence-electron chi connectivity index (χ0n) is 17.2. The number of hydrogen-bond donors (Lipinski definition) is 1. The third-order valence-electron chi connectivity index (χ3n) is 5.74. The van der Waals surface area contributed by atoms with Gasteiger partial charge < -0.3 is 15.1 Å². The van der Waals surface area contributed by atoms with Gasteiger partial charge in [-0.25, -0.2) is 4.98 Å². The number of rotatable bonds is 3. The summed E-state index contributed by atoms with van der Waals surface area (Å²) in [6.07, 6.45) is 0. The largest absolute Gasteiger partial charge is 0.354 e. The number of nitrogens with zero attached hydrogens (tertiary/aromatic N) is 3. The molecule has 3 heterocycles. The van der Waals surface area contributed by atoms with Crippen LogP contribution in [-0.2, 0) is 0 Å². The lowest BCUT2D eigenvalue weighted by atomic mass is 10.1. The molecule has 1 N–H and O–H groups in total. The molecule has 0 radical (unpaired) electrons. The summed E-state index contributed by atoms with van der Waals surface area (Å²) in [6, 6.07) is 18.1. The van der Waals surface area contributed by atoms with E-state index in [1.54, 1.807) is 0 Å². The molecule has 0 atom stereocenters. The molecule has 5 nitrogen and oxygen atoms in total. The molecule has 1 fully saturated rings. The number of fused-ring (bicyclic) bond motifs is 2. The Kier molecular flexibility index (Phi) is 4.89. The SMILES string of the molecule is Cc1cc(N2CCN(C)CC2)nc2ccc(NC(=O)c3cc4ccccc4s3)cc12. The van der Waals surface area contributed by atoms with Crippen LogP contribution in [0.5, 0.6) is 0 Å². The highest BCUT2D eigenvalue weighted by molar-refractivity contribution is 7.20. The molecule has 0 bridgehead atoms. The molecule has 6 heteroatoms.